The Kier molecular flexibility index (Phi) is 9.16. The molecule has 0 atom stereocenters. The van der Waals surface area contributed by atoms with Crippen LogP contribution in [0.2, 0.25) is 0 Å². The molecule has 0 aliphatic heterocycles. The third-order valence-corrected chi connectivity index (χ3v) is 6.80. The van der Waals surface area contributed by atoms with E-state index in [1.165, 1.54) is 20.3 Å². The topological polar surface area (TPSA) is 106 Å². The fourth-order valence-corrected chi connectivity index (χ4v) is 4.59. The van der Waals surface area contributed by atoms with Gasteiger partial charge in [-0.05, 0) is 32.3 Å². The van der Waals surface area contributed by atoms with Gasteiger partial charge in [-0.15, -0.1) is 0 Å². The number of benzene rings is 2. The highest BCUT2D eigenvalue weighted by Crippen LogP contribution is 2.42. The molecule has 0 fully saturated rings. The van der Waals surface area contributed by atoms with Crippen LogP contribution in [0.4, 0.5) is 27.4 Å². The van der Waals surface area contributed by atoms with E-state index in [1.54, 1.807) is 31.5 Å². The number of anilines is 4. The second-order valence-electron chi connectivity index (χ2n) is 9.85. The maximum Gasteiger partial charge on any atom is 0.247 e. The minimum atomic E-state index is -0.596. The average molecular weight is 578 g/mol. The van der Waals surface area contributed by atoms with Crippen molar-refractivity contribution in [3.63, 3.8) is 0 Å². The van der Waals surface area contributed by atoms with Crippen molar-refractivity contribution in [2.45, 2.75) is 0 Å². The predicted octanol–water partition coefficient (Wildman–Crippen LogP) is 4.67. The van der Waals surface area contributed by atoms with E-state index in [-0.39, 0.29) is 23.4 Å². The normalized spacial score (nSPS) is 11.0. The maximum atomic E-state index is 15.1. The van der Waals surface area contributed by atoms with Crippen LogP contribution in [0.5, 0.6) is 17.2 Å². The summed E-state index contributed by atoms with van der Waals surface area (Å²) in [4.78, 5) is 25.5. The van der Waals surface area contributed by atoms with Crippen molar-refractivity contribution < 1.29 is 23.4 Å². The zero-order valence-electron chi connectivity index (χ0n) is 24.9. The number of amides is 1. The summed E-state index contributed by atoms with van der Waals surface area (Å²) in [6, 6.07) is 6.96. The molecule has 42 heavy (non-hydrogen) atoms. The second-order valence-corrected chi connectivity index (χ2v) is 9.85. The number of halogens is 1. The van der Waals surface area contributed by atoms with Crippen LogP contribution in [0.25, 0.3) is 22.2 Å². The van der Waals surface area contributed by atoms with Gasteiger partial charge in [0.25, 0.3) is 0 Å². The Balaban J connectivity index is 1.77. The minimum absolute atomic E-state index is 0.0614. The van der Waals surface area contributed by atoms with Gasteiger partial charge in [-0.2, -0.15) is 4.39 Å². The Morgan fingerprint density at radius 2 is 1.81 bits per heavy atom. The zero-order valence-corrected chi connectivity index (χ0v) is 24.9. The van der Waals surface area contributed by atoms with E-state index in [2.05, 4.69) is 27.1 Å². The number of hydrogen-bond acceptors (Lipinski definition) is 9. The largest absolute Gasteiger partial charge is 0.494 e. The minimum Gasteiger partial charge on any atom is -0.494 e. The number of carbonyl (C=O) groups excluding carboxylic acids is 1. The molecule has 0 aliphatic carbocycles. The molecule has 2 N–H and O–H groups in total. The Morgan fingerprint density at radius 1 is 1.07 bits per heavy atom. The van der Waals surface area contributed by atoms with Crippen LogP contribution < -0.4 is 29.7 Å². The van der Waals surface area contributed by atoms with Gasteiger partial charge in [0.05, 0.1) is 55.0 Å². The van der Waals surface area contributed by atoms with Crippen molar-refractivity contribution in [3.05, 3.63) is 55.1 Å². The van der Waals surface area contributed by atoms with Crippen LogP contribution in [0.1, 0.15) is 0 Å². The highest BCUT2D eigenvalue weighted by atomic mass is 19.1. The Morgan fingerprint density at radius 3 is 2.45 bits per heavy atom. The molecule has 11 nitrogen and oxygen atoms in total. The highest BCUT2D eigenvalue weighted by molar-refractivity contribution is 6.02. The molecule has 1 amide bonds. The lowest BCUT2D eigenvalue weighted by Gasteiger charge is -2.26. The summed E-state index contributed by atoms with van der Waals surface area (Å²) < 4.78 is 33.3. The first-order chi connectivity index (χ1) is 20.1. The predicted molar refractivity (Wildman–Crippen MR) is 164 cm³/mol. The molecular weight excluding hydrogens is 541 g/mol. The van der Waals surface area contributed by atoms with Crippen LogP contribution in [-0.4, -0.2) is 80.9 Å². The molecule has 222 valence electrons. The van der Waals surface area contributed by atoms with Crippen LogP contribution in [0, 0.1) is 5.82 Å². The highest BCUT2D eigenvalue weighted by Gasteiger charge is 2.22. The van der Waals surface area contributed by atoms with E-state index in [4.69, 9.17) is 19.2 Å². The number of aromatic nitrogens is 3. The quantitative estimate of drug-likeness (QED) is 0.233. The average Bonchev–Trinajstić information content (AvgIpc) is 3.31. The molecule has 0 bridgehead atoms. The summed E-state index contributed by atoms with van der Waals surface area (Å²) in [6.45, 7) is 5.09. The SMILES string of the molecule is C=CC(=O)Nc1cc(Nc2nccc(-c3cn(C)c4cc(OC)c(F)c(OC)c34)n2)c(OC)cc1N(C)CCN(C)C. The first-order valence-corrected chi connectivity index (χ1v) is 13.1. The standard InChI is InChI=1S/C30H36FN7O4/c1-9-26(39)33-20-14-21(24(40-6)15-22(20)37(4)13-12-36(2)3)35-30-32-11-10-19(34-30)18-17-38(5)23-16-25(41-7)28(31)29(42-8)27(18)23/h9-11,14-17H,1,12-13H2,2-8H3,(H,33,39)(H,32,34,35). The Bertz CT molecular complexity index is 1620. The molecule has 0 aliphatic rings. The van der Waals surface area contributed by atoms with Gasteiger partial charge in [-0.25, -0.2) is 9.97 Å². The van der Waals surface area contributed by atoms with E-state index < -0.39 is 5.82 Å². The van der Waals surface area contributed by atoms with E-state index in [1.807, 2.05) is 49.9 Å². The molecule has 0 unspecified atom stereocenters. The molecule has 0 radical (unpaired) electrons. The van der Waals surface area contributed by atoms with Crippen LogP contribution >= 0.6 is 0 Å². The summed E-state index contributed by atoms with van der Waals surface area (Å²) in [7, 11) is 12.2. The van der Waals surface area contributed by atoms with E-state index >= 15 is 4.39 Å². The van der Waals surface area contributed by atoms with E-state index in [0.717, 1.165) is 12.2 Å². The van der Waals surface area contributed by atoms with Crippen molar-refractivity contribution in [3.8, 4) is 28.5 Å². The summed E-state index contributed by atoms with van der Waals surface area (Å²) >= 11 is 0. The lowest BCUT2D eigenvalue weighted by Crippen LogP contribution is -2.29. The Labute approximate surface area is 244 Å². The molecule has 0 saturated carbocycles. The number of likely N-dealkylation sites (N-methyl/N-ethyl adjacent to an activating group) is 2. The van der Waals surface area contributed by atoms with Gasteiger partial charge >= 0.3 is 0 Å². The van der Waals surface area contributed by atoms with E-state index in [9.17, 15) is 4.79 Å². The second kappa shape index (κ2) is 12.8. The first kappa shape index (κ1) is 30.1. The van der Waals surface area contributed by atoms with Crippen LogP contribution in [-0.2, 0) is 11.8 Å². The molecule has 4 aromatic rings. The number of nitrogens with zero attached hydrogens (tertiary/aromatic N) is 5. The fraction of sp³-hybridized carbons (Fsp3) is 0.300. The number of hydrogen-bond donors (Lipinski definition) is 2. The number of ether oxygens (including phenoxy) is 3. The number of aryl methyl sites for hydroxylation is 1. The third kappa shape index (κ3) is 6.08. The van der Waals surface area contributed by atoms with Gasteiger partial charge in [0.2, 0.25) is 17.7 Å². The lowest BCUT2D eigenvalue weighted by molar-refractivity contribution is -0.111. The monoisotopic (exact) mass is 577 g/mol. The summed E-state index contributed by atoms with van der Waals surface area (Å²) in [6.07, 6.45) is 4.66. The Hall–Kier alpha value is -4.84. The summed E-state index contributed by atoms with van der Waals surface area (Å²) in [5, 5.41) is 6.65. The number of nitrogens with one attached hydrogen (secondary N) is 2. The third-order valence-electron chi connectivity index (χ3n) is 6.80. The van der Waals surface area contributed by atoms with Crippen molar-refractivity contribution in [2.24, 2.45) is 7.05 Å². The number of fused-ring (bicyclic) bond motifs is 1. The van der Waals surface area contributed by atoms with Crippen molar-refractivity contribution in [1.29, 1.82) is 0 Å². The van der Waals surface area contributed by atoms with Gasteiger partial charge in [-0.1, -0.05) is 6.58 Å². The van der Waals surface area contributed by atoms with Gasteiger partial charge in [-0.3, -0.25) is 4.79 Å². The van der Waals surface area contributed by atoms with Crippen molar-refractivity contribution in [2.75, 3.05) is 71.1 Å². The van der Waals surface area contributed by atoms with Crippen molar-refractivity contribution >= 4 is 39.8 Å². The zero-order chi connectivity index (χ0) is 30.6. The fourth-order valence-electron chi connectivity index (χ4n) is 4.59. The van der Waals surface area contributed by atoms with Crippen molar-refractivity contribution in [1.82, 2.24) is 19.4 Å². The number of carbonyl (C=O) groups is 1. The molecule has 2 aromatic heterocycles. The van der Waals surface area contributed by atoms with Crippen LogP contribution in [0.3, 0.4) is 0 Å². The molecule has 0 saturated heterocycles. The summed E-state index contributed by atoms with van der Waals surface area (Å²) in [5.41, 5.74) is 3.77. The van der Waals surface area contributed by atoms with Gasteiger partial charge in [0, 0.05) is 57.3 Å². The van der Waals surface area contributed by atoms with Gasteiger partial charge in [0.1, 0.15) is 5.75 Å². The number of methoxy groups -OCH3 is 3. The lowest BCUT2D eigenvalue weighted by atomic mass is 10.1. The molecule has 4 rings (SSSR count). The maximum absolute atomic E-state index is 15.1. The van der Waals surface area contributed by atoms with E-state index in [0.29, 0.717) is 45.8 Å². The van der Waals surface area contributed by atoms with Crippen LogP contribution in [0.15, 0.2) is 49.3 Å². The molecular formula is C30H36FN7O4. The molecule has 2 aromatic carbocycles. The summed E-state index contributed by atoms with van der Waals surface area (Å²) in [5.74, 6) is -0.00768. The molecule has 0 spiro atoms. The molecule has 2 heterocycles. The number of rotatable bonds is 12. The smallest absolute Gasteiger partial charge is 0.247 e. The van der Waals surface area contributed by atoms with Gasteiger partial charge in [0.15, 0.2) is 11.5 Å². The van der Waals surface area contributed by atoms with Gasteiger partial charge < -0.3 is 39.2 Å². The molecule has 12 heteroatoms. The first-order valence-electron chi connectivity index (χ1n) is 13.1.